The van der Waals surface area contributed by atoms with Crippen LogP contribution in [0.2, 0.25) is 0 Å². The number of methoxy groups -OCH3 is 1. The summed E-state index contributed by atoms with van der Waals surface area (Å²) >= 11 is 5.28. The zero-order chi connectivity index (χ0) is 25.3. The van der Waals surface area contributed by atoms with Crippen LogP contribution in [0.5, 0.6) is 11.5 Å². The molecule has 2 heterocycles. The van der Waals surface area contributed by atoms with Crippen molar-refractivity contribution in [1.82, 2.24) is 5.32 Å². The zero-order valence-corrected chi connectivity index (χ0v) is 22.5. The van der Waals surface area contributed by atoms with E-state index in [0.29, 0.717) is 56.2 Å². The third-order valence-electron chi connectivity index (χ3n) is 6.43. The van der Waals surface area contributed by atoms with E-state index in [1.807, 2.05) is 13.8 Å². The van der Waals surface area contributed by atoms with Gasteiger partial charge in [-0.15, -0.1) is 0 Å². The lowest BCUT2D eigenvalue weighted by atomic mass is 9.69. The van der Waals surface area contributed by atoms with Crippen molar-refractivity contribution in [3.63, 3.8) is 0 Å². The summed E-state index contributed by atoms with van der Waals surface area (Å²) in [5, 5.41) is 3.27. The van der Waals surface area contributed by atoms with Crippen LogP contribution in [0, 0.1) is 11.8 Å². The number of carbonyl (C=O) groups is 3. The molecule has 0 saturated heterocycles. The highest BCUT2D eigenvalue weighted by atomic mass is 79.9. The molecule has 2 aliphatic heterocycles. The number of Topliss-reactive ketones (excluding diaryl/α,β-unsaturated/α-hetero) is 1. The van der Waals surface area contributed by atoms with Crippen LogP contribution in [0.4, 0.5) is 0 Å². The molecule has 1 aliphatic carbocycles. The second-order valence-electron chi connectivity index (χ2n) is 8.60. The highest BCUT2D eigenvalue weighted by Crippen LogP contribution is 2.49. The molecule has 0 unspecified atom stereocenters. The van der Waals surface area contributed by atoms with Crippen LogP contribution in [0.25, 0.3) is 0 Å². The van der Waals surface area contributed by atoms with Crippen molar-refractivity contribution in [2.45, 2.75) is 33.1 Å². The van der Waals surface area contributed by atoms with E-state index in [9.17, 15) is 14.4 Å². The average molecular weight is 566 g/mol. The first-order valence-corrected chi connectivity index (χ1v) is 13.4. The van der Waals surface area contributed by atoms with Crippen molar-refractivity contribution in [2.24, 2.45) is 11.8 Å². The summed E-state index contributed by atoms with van der Waals surface area (Å²) in [4.78, 5) is 39.8. The van der Waals surface area contributed by atoms with Crippen LogP contribution in [0.15, 0.2) is 39.1 Å². The van der Waals surface area contributed by atoms with Gasteiger partial charge in [0.15, 0.2) is 17.3 Å². The van der Waals surface area contributed by atoms with Gasteiger partial charge in [0.25, 0.3) is 0 Å². The molecule has 3 atom stereocenters. The van der Waals surface area contributed by atoms with E-state index in [0.717, 1.165) is 5.75 Å². The highest BCUT2D eigenvalue weighted by molar-refractivity contribution is 9.10. The van der Waals surface area contributed by atoms with Gasteiger partial charge in [0.1, 0.15) is 12.5 Å². The fourth-order valence-corrected chi connectivity index (χ4v) is 5.87. The molecule has 0 amide bonds. The van der Waals surface area contributed by atoms with Gasteiger partial charge in [0.05, 0.1) is 12.7 Å². The molecule has 0 radical (unpaired) electrons. The lowest BCUT2D eigenvalue weighted by molar-refractivity contribution is -0.151. The van der Waals surface area contributed by atoms with Gasteiger partial charge >= 0.3 is 11.9 Å². The molecule has 0 aromatic heterocycles. The quantitative estimate of drug-likeness (QED) is 0.297. The van der Waals surface area contributed by atoms with E-state index in [1.54, 1.807) is 30.8 Å². The van der Waals surface area contributed by atoms with Crippen molar-refractivity contribution in [2.75, 3.05) is 32.0 Å². The topological polar surface area (TPSA) is 100 Å². The summed E-state index contributed by atoms with van der Waals surface area (Å²) in [5.41, 5.74) is 2.68. The lowest BCUT2D eigenvalue weighted by Gasteiger charge is -2.38. The van der Waals surface area contributed by atoms with E-state index in [2.05, 4.69) is 21.2 Å². The summed E-state index contributed by atoms with van der Waals surface area (Å²) < 4.78 is 22.3. The summed E-state index contributed by atoms with van der Waals surface area (Å²) in [6.45, 7) is 6.04. The molecule has 0 saturated carbocycles. The molecule has 0 spiro atoms. The molecule has 35 heavy (non-hydrogen) atoms. The van der Waals surface area contributed by atoms with Gasteiger partial charge in [-0.25, -0.2) is 4.79 Å². The second-order valence-corrected chi connectivity index (χ2v) is 10.8. The van der Waals surface area contributed by atoms with Crippen molar-refractivity contribution < 1.29 is 33.3 Å². The number of allylic oxidation sites excluding steroid dienone is 3. The number of ketones is 1. The van der Waals surface area contributed by atoms with E-state index >= 15 is 0 Å². The molecule has 3 aliphatic rings. The monoisotopic (exact) mass is 565 g/mol. The number of thioether (sulfide) groups is 1. The van der Waals surface area contributed by atoms with E-state index in [1.165, 1.54) is 7.11 Å². The first-order valence-electron chi connectivity index (χ1n) is 11.4. The SMILES string of the molecule is CCSCCOC(=O)C1=C(C)NC2=C(C(=O)[C@@H](C(=O)OC)[C@H](C)C2)[C@H]1c1cc2c(cc1Br)OCO2. The van der Waals surface area contributed by atoms with Gasteiger partial charge in [0.2, 0.25) is 6.79 Å². The van der Waals surface area contributed by atoms with E-state index in [-0.39, 0.29) is 25.1 Å². The number of esters is 2. The van der Waals surface area contributed by atoms with Crippen LogP contribution >= 0.6 is 27.7 Å². The van der Waals surface area contributed by atoms with Gasteiger partial charge in [-0.1, -0.05) is 29.8 Å². The van der Waals surface area contributed by atoms with Crippen molar-refractivity contribution in [3.05, 3.63) is 44.7 Å². The first kappa shape index (κ1) is 25.6. The third-order valence-corrected chi connectivity index (χ3v) is 7.98. The number of rotatable bonds is 7. The fraction of sp³-hybridized carbons (Fsp3) is 0.480. The maximum Gasteiger partial charge on any atom is 0.336 e. The number of halogens is 1. The maximum atomic E-state index is 13.8. The van der Waals surface area contributed by atoms with Gasteiger partial charge in [0, 0.05) is 33.1 Å². The molecule has 1 aromatic carbocycles. The largest absolute Gasteiger partial charge is 0.468 e. The molecule has 10 heteroatoms. The average Bonchev–Trinajstić information content (AvgIpc) is 3.27. The number of hydrogen-bond donors (Lipinski definition) is 1. The Hall–Kier alpha value is -2.46. The third kappa shape index (κ3) is 4.82. The number of nitrogens with one attached hydrogen (secondary N) is 1. The Morgan fingerprint density at radius 2 is 1.97 bits per heavy atom. The lowest BCUT2D eigenvalue weighted by Crippen LogP contribution is -2.43. The summed E-state index contributed by atoms with van der Waals surface area (Å²) in [6.07, 6.45) is 0.465. The number of carbonyl (C=O) groups excluding carboxylic acids is 3. The van der Waals surface area contributed by atoms with Crippen LogP contribution < -0.4 is 14.8 Å². The smallest absolute Gasteiger partial charge is 0.336 e. The van der Waals surface area contributed by atoms with E-state index < -0.39 is 23.8 Å². The van der Waals surface area contributed by atoms with Crippen molar-refractivity contribution in [3.8, 4) is 11.5 Å². The van der Waals surface area contributed by atoms with E-state index in [4.69, 9.17) is 18.9 Å². The Kier molecular flexibility index (Phi) is 7.80. The minimum Gasteiger partial charge on any atom is -0.468 e. The Labute approximate surface area is 216 Å². The Morgan fingerprint density at radius 3 is 2.66 bits per heavy atom. The fourth-order valence-electron chi connectivity index (χ4n) is 4.83. The van der Waals surface area contributed by atoms with Crippen LogP contribution in [-0.4, -0.2) is 49.7 Å². The number of fused-ring (bicyclic) bond motifs is 1. The molecule has 188 valence electrons. The number of dihydropyridines is 1. The minimum absolute atomic E-state index is 0.0884. The van der Waals surface area contributed by atoms with Gasteiger partial charge in [-0.3, -0.25) is 9.59 Å². The summed E-state index contributed by atoms with van der Waals surface area (Å²) in [6, 6.07) is 3.54. The summed E-state index contributed by atoms with van der Waals surface area (Å²) in [5.74, 6) is -0.711. The molecular formula is C25H28BrNO7S. The van der Waals surface area contributed by atoms with Crippen LogP contribution in [-0.2, 0) is 23.9 Å². The van der Waals surface area contributed by atoms with Crippen LogP contribution in [0.1, 0.15) is 38.7 Å². The minimum atomic E-state index is -0.951. The standard InChI is InChI=1S/C25H28BrNO7S/c1-5-35-7-6-32-25(30)20-13(3)27-16-8-12(2)19(24(29)31-4)23(28)22(16)21(20)14-9-17-18(10-15(14)26)34-11-33-17/h9-10,12,19,21,27H,5-8,11H2,1-4H3/t12-,19+,21+/m1/s1. The van der Waals surface area contributed by atoms with Crippen LogP contribution in [0.3, 0.4) is 0 Å². The van der Waals surface area contributed by atoms with Gasteiger partial charge < -0.3 is 24.3 Å². The molecule has 1 N–H and O–H groups in total. The first-order chi connectivity index (χ1) is 16.8. The number of benzene rings is 1. The molecule has 0 bridgehead atoms. The number of ether oxygens (including phenoxy) is 4. The molecular weight excluding hydrogens is 538 g/mol. The van der Waals surface area contributed by atoms with Crippen molar-refractivity contribution >= 4 is 45.4 Å². The summed E-state index contributed by atoms with van der Waals surface area (Å²) in [7, 11) is 1.28. The second kappa shape index (κ2) is 10.7. The maximum absolute atomic E-state index is 13.8. The molecule has 1 aromatic rings. The predicted octanol–water partition coefficient (Wildman–Crippen LogP) is 4.09. The van der Waals surface area contributed by atoms with Gasteiger partial charge in [-0.2, -0.15) is 11.8 Å². The Morgan fingerprint density at radius 1 is 1.26 bits per heavy atom. The molecule has 4 rings (SSSR count). The molecule has 8 nitrogen and oxygen atoms in total. The Balaban J connectivity index is 1.82. The predicted molar refractivity (Wildman–Crippen MR) is 134 cm³/mol. The normalized spacial score (nSPS) is 23.1. The highest BCUT2D eigenvalue weighted by Gasteiger charge is 2.48. The van der Waals surface area contributed by atoms with Gasteiger partial charge in [-0.05, 0) is 42.7 Å². The van der Waals surface area contributed by atoms with Crippen molar-refractivity contribution in [1.29, 1.82) is 0 Å². The molecule has 0 fully saturated rings. The number of hydrogen-bond acceptors (Lipinski definition) is 9. The Bertz CT molecular complexity index is 1130. The zero-order valence-electron chi connectivity index (χ0n) is 20.1.